The topological polar surface area (TPSA) is 50.7 Å². The molecule has 34 heavy (non-hydrogen) atoms. The highest BCUT2D eigenvalue weighted by atomic mass is 19.1. The summed E-state index contributed by atoms with van der Waals surface area (Å²) in [6.07, 6.45) is 1.53. The van der Waals surface area contributed by atoms with Crippen molar-refractivity contribution in [3.8, 4) is 17.4 Å². The molecule has 0 spiro atoms. The number of Topliss-reactive ketones (excluding diaryl/α,β-unsaturated/α-hetero) is 1. The van der Waals surface area contributed by atoms with Gasteiger partial charge in [-0.05, 0) is 75.7 Å². The lowest BCUT2D eigenvalue weighted by molar-refractivity contribution is 0.103. The van der Waals surface area contributed by atoms with Crippen molar-refractivity contribution in [3.63, 3.8) is 0 Å². The number of allylic oxidation sites excluding steroid dienone is 1. The summed E-state index contributed by atoms with van der Waals surface area (Å²) in [5, 5.41) is 9.80. The summed E-state index contributed by atoms with van der Waals surface area (Å²) in [6.45, 7) is 7.17. The van der Waals surface area contributed by atoms with Crippen LogP contribution in [0.1, 0.15) is 38.7 Å². The fraction of sp³-hybridized carbons (Fsp3) is 0.143. The molecule has 0 atom stereocenters. The first kappa shape index (κ1) is 22.9. The van der Waals surface area contributed by atoms with Gasteiger partial charge in [0.25, 0.3) is 0 Å². The number of benzene rings is 2. The van der Waals surface area contributed by atoms with Crippen molar-refractivity contribution in [1.82, 2.24) is 9.13 Å². The van der Waals surface area contributed by atoms with Gasteiger partial charge in [-0.15, -0.1) is 0 Å². The largest absolute Gasteiger partial charge is 0.315 e. The lowest BCUT2D eigenvalue weighted by Gasteiger charge is -2.11. The minimum absolute atomic E-state index is 0.0532. The molecule has 0 fully saturated rings. The Balaban J connectivity index is 1.78. The van der Waals surface area contributed by atoms with Crippen molar-refractivity contribution in [2.75, 3.05) is 0 Å². The summed E-state index contributed by atoms with van der Waals surface area (Å²) < 4.78 is 32.2. The van der Waals surface area contributed by atoms with E-state index in [0.717, 1.165) is 5.69 Å². The van der Waals surface area contributed by atoms with E-state index in [2.05, 4.69) is 0 Å². The smallest absolute Gasteiger partial charge is 0.205 e. The van der Waals surface area contributed by atoms with Crippen LogP contribution in [-0.4, -0.2) is 14.9 Å². The number of aryl methyl sites for hydroxylation is 2. The third kappa shape index (κ3) is 3.86. The van der Waals surface area contributed by atoms with Crippen LogP contribution >= 0.6 is 0 Å². The van der Waals surface area contributed by atoms with Crippen molar-refractivity contribution in [2.45, 2.75) is 27.7 Å². The van der Waals surface area contributed by atoms with Crippen LogP contribution in [0.3, 0.4) is 0 Å². The molecule has 0 amide bonds. The van der Waals surface area contributed by atoms with Gasteiger partial charge in [0.05, 0.1) is 11.4 Å². The molecular formula is C28H23F2N3O. The van der Waals surface area contributed by atoms with E-state index in [4.69, 9.17) is 0 Å². The molecule has 0 N–H and O–H groups in total. The molecule has 2 heterocycles. The van der Waals surface area contributed by atoms with Crippen molar-refractivity contribution >= 4 is 11.9 Å². The van der Waals surface area contributed by atoms with Crippen LogP contribution in [0.5, 0.6) is 0 Å². The molecule has 0 aliphatic carbocycles. The fourth-order valence-electron chi connectivity index (χ4n) is 4.38. The van der Waals surface area contributed by atoms with Gasteiger partial charge in [-0.1, -0.05) is 24.3 Å². The zero-order valence-electron chi connectivity index (χ0n) is 19.4. The van der Waals surface area contributed by atoms with Crippen LogP contribution in [0.15, 0.2) is 66.2 Å². The molecule has 4 nitrogen and oxygen atoms in total. The predicted molar refractivity (Wildman–Crippen MR) is 128 cm³/mol. The number of para-hydroxylation sites is 2. The second kappa shape index (κ2) is 8.95. The maximum absolute atomic E-state index is 14.4. The van der Waals surface area contributed by atoms with E-state index in [1.54, 1.807) is 65.4 Å². The number of ketones is 1. The van der Waals surface area contributed by atoms with Crippen LogP contribution < -0.4 is 0 Å². The van der Waals surface area contributed by atoms with Crippen LogP contribution in [0, 0.1) is 50.7 Å². The Morgan fingerprint density at radius 1 is 0.824 bits per heavy atom. The molecule has 4 aromatic rings. The molecule has 0 unspecified atom stereocenters. The van der Waals surface area contributed by atoms with Gasteiger partial charge in [-0.25, -0.2) is 8.78 Å². The van der Waals surface area contributed by atoms with Crippen molar-refractivity contribution in [3.05, 3.63) is 112 Å². The van der Waals surface area contributed by atoms with Gasteiger partial charge in [0, 0.05) is 28.3 Å². The van der Waals surface area contributed by atoms with E-state index in [1.807, 2.05) is 26.0 Å². The highest BCUT2D eigenvalue weighted by Crippen LogP contribution is 2.27. The molecule has 0 saturated carbocycles. The number of aromatic nitrogens is 2. The number of carbonyl (C=O) groups excluding carboxylic acids is 1. The number of rotatable bonds is 5. The molecule has 6 heteroatoms. The molecule has 0 saturated heterocycles. The Kier molecular flexibility index (Phi) is 6.04. The first-order valence-electron chi connectivity index (χ1n) is 10.8. The van der Waals surface area contributed by atoms with E-state index in [9.17, 15) is 18.8 Å². The Bertz CT molecular complexity index is 1500. The lowest BCUT2D eigenvalue weighted by atomic mass is 10.0. The zero-order chi connectivity index (χ0) is 24.6. The van der Waals surface area contributed by atoms with E-state index < -0.39 is 11.6 Å². The van der Waals surface area contributed by atoms with E-state index in [-0.39, 0.29) is 11.4 Å². The fourth-order valence-corrected chi connectivity index (χ4v) is 4.38. The van der Waals surface area contributed by atoms with Crippen LogP contribution in [0.4, 0.5) is 8.78 Å². The molecule has 170 valence electrons. The summed E-state index contributed by atoms with van der Waals surface area (Å²) in [7, 11) is 0. The number of nitriles is 1. The van der Waals surface area contributed by atoms with E-state index in [0.29, 0.717) is 39.6 Å². The standard InChI is InChI=1S/C28H23F2N3O/c1-17-13-21(19(3)32(17)26-11-7-5-9-24(26)29)15-22(16-31)28(34)23-14-18(2)33(20(23)4)27-12-8-6-10-25(27)30/h5-15H,1-4H3/b22-15+. The van der Waals surface area contributed by atoms with Crippen molar-refractivity contribution < 1.29 is 13.6 Å². The third-order valence-electron chi connectivity index (χ3n) is 6.00. The molecule has 0 radical (unpaired) electrons. The summed E-state index contributed by atoms with van der Waals surface area (Å²) in [5.41, 5.74) is 4.37. The summed E-state index contributed by atoms with van der Waals surface area (Å²) >= 11 is 0. The average molecular weight is 456 g/mol. The minimum atomic E-state index is -0.450. The Morgan fingerprint density at radius 2 is 1.32 bits per heavy atom. The second-order valence-corrected chi connectivity index (χ2v) is 8.18. The molecule has 4 rings (SSSR count). The Hall–Kier alpha value is -4.24. The maximum atomic E-state index is 14.4. The number of hydrogen-bond acceptors (Lipinski definition) is 2. The molecule has 0 aliphatic heterocycles. The average Bonchev–Trinajstić information content (AvgIpc) is 3.26. The van der Waals surface area contributed by atoms with Gasteiger partial charge in [0.15, 0.2) is 0 Å². The number of halogens is 2. The summed E-state index contributed by atoms with van der Waals surface area (Å²) in [6, 6.07) is 18.3. The molecule has 0 aliphatic rings. The first-order valence-corrected chi connectivity index (χ1v) is 10.8. The first-order chi connectivity index (χ1) is 16.2. The van der Waals surface area contributed by atoms with Crippen LogP contribution in [-0.2, 0) is 0 Å². The lowest BCUT2D eigenvalue weighted by Crippen LogP contribution is -2.06. The number of hydrogen-bond donors (Lipinski definition) is 0. The third-order valence-corrected chi connectivity index (χ3v) is 6.00. The number of nitrogens with zero attached hydrogens (tertiary/aromatic N) is 3. The molecule has 2 aromatic heterocycles. The van der Waals surface area contributed by atoms with Crippen LogP contribution in [0.25, 0.3) is 17.5 Å². The normalized spacial score (nSPS) is 11.5. The quantitative estimate of drug-likeness (QED) is 0.194. The second-order valence-electron chi connectivity index (χ2n) is 8.18. The highest BCUT2D eigenvalue weighted by molar-refractivity contribution is 6.15. The summed E-state index contributed by atoms with van der Waals surface area (Å²) in [4.78, 5) is 13.3. The highest BCUT2D eigenvalue weighted by Gasteiger charge is 2.22. The predicted octanol–water partition coefficient (Wildman–Crippen LogP) is 6.57. The van der Waals surface area contributed by atoms with Crippen LogP contribution in [0.2, 0.25) is 0 Å². The number of carbonyl (C=O) groups is 1. The maximum Gasteiger partial charge on any atom is 0.205 e. The monoisotopic (exact) mass is 455 g/mol. The van der Waals surface area contributed by atoms with Gasteiger partial charge in [-0.3, -0.25) is 4.79 Å². The molecule has 2 aromatic carbocycles. The molecule has 0 bridgehead atoms. The van der Waals surface area contributed by atoms with Crippen molar-refractivity contribution in [2.24, 2.45) is 0 Å². The zero-order valence-corrected chi connectivity index (χ0v) is 19.4. The van der Waals surface area contributed by atoms with Gasteiger partial charge in [0.1, 0.15) is 23.3 Å². The van der Waals surface area contributed by atoms with Gasteiger partial charge in [-0.2, -0.15) is 5.26 Å². The van der Waals surface area contributed by atoms with Crippen molar-refractivity contribution in [1.29, 1.82) is 5.26 Å². The van der Waals surface area contributed by atoms with E-state index >= 15 is 0 Å². The summed E-state index contributed by atoms with van der Waals surface area (Å²) in [5.74, 6) is -1.22. The van der Waals surface area contributed by atoms with Gasteiger partial charge < -0.3 is 9.13 Å². The Morgan fingerprint density at radius 3 is 1.85 bits per heavy atom. The Labute approximate surface area is 197 Å². The van der Waals surface area contributed by atoms with Gasteiger partial charge in [0.2, 0.25) is 5.78 Å². The van der Waals surface area contributed by atoms with E-state index in [1.165, 1.54) is 18.2 Å². The SMILES string of the molecule is Cc1cc(/C=C(\C#N)C(=O)c2cc(C)n(-c3ccccc3F)c2C)c(C)n1-c1ccccc1F. The van der Waals surface area contributed by atoms with Gasteiger partial charge >= 0.3 is 0 Å². The molecular weight excluding hydrogens is 432 g/mol. The minimum Gasteiger partial charge on any atom is -0.315 e.